The third kappa shape index (κ3) is 7.89. The summed E-state index contributed by atoms with van der Waals surface area (Å²) in [7, 11) is 0. The molecule has 210 valence electrons. The predicted molar refractivity (Wildman–Crippen MR) is 152 cm³/mol. The first kappa shape index (κ1) is 30.3. The van der Waals surface area contributed by atoms with E-state index >= 15 is 0 Å². The smallest absolute Gasteiger partial charge is 0.426 e. The summed E-state index contributed by atoms with van der Waals surface area (Å²) in [4.78, 5) is 53.9. The third-order valence-electron chi connectivity index (χ3n) is 5.07. The van der Waals surface area contributed by atoms with Gasteiger partial charge in [0.15, 0.2) is 5.17 Å². The number of nitriles is 1. The summed E-state index contributed by atoms with van der Waals surface area (Å²) in [6.45, 7) is 13.8. The second-order valence-electron chi connectivity index (χ2n) is 11.1. The van der Waals surface area contributed by atoms with Gasteiger partial charge in [-0.1, -0.05) is 11.8 Å². The zero-order valence-corrected chi connectivity index (χ0v) is 24.5. The molecule has 11 nitrogen and oxygen atoms in total. The molecule has 0 aliphatic carbocycles. The maximum Gasteiger partial charge on any atom is 0.426 e. The largest absolute Gasteiger partial charge is 0.443 e. The molecule has 0 bridgehead atoms. The highest BCUT2D eigenvalue weighted by Gasteiger charge is 2.40. The normalized spacial score (nSPS) is 17.1. The number of aliphatic imine (C=N–C) groups is 1. The molecular formula is C28H32N6O5S. The van der Waals surface area contributed by atoms with Crippen molar-refractivity contribution in [3.63, 3.8) is 0 Å². The predicted octanol–water partition coefficient (Wildman–Crippen LogP) is 5.99. The molecule has 0 saturated heterocycles. The van der Waals surface area contributed by atoms with Gasteiger partial charge in [0.2, 0.25) is 0 Å². The maximum absolute atomic E-state index is 13.2. The molecule has 1 aliphatic heterocycles. The summed E-state index contributed by atoms with van der Waals surface area (Å²) >= 11 is 1.12. The van der Waals surface area contributed by atoms with E-state index in [-0.39, 0.29) is 10.9 Å². The molecule has 0 spiro atoms. The van der Waals surface area contributed by atoms with Gasteiger partial charge in [0.25, 0.3) is 5.91 Å². The number of amidine groups is 1. The summed E-state index contributed by atoms with van der Waals surface area (Å²) in [5.41, 5.74) is -1.50. The van der Waals surface area contributed by atoms with Crippen LogP contribution in [-0.4, -0.2) is 49.3 Å². The quantitative estimate of drug-likeness (QED) is 0.474. The fraction of sp³-hybridized carbons (Fsp3) is 0.393. The minimum Gasteiger partial charge on any atom is -0.443 e. The number of imide groups is 1. The standard InChI is InChI=1S/C28H32N6O5S/c1-17-14-28(8,21-13-19(11-12-30-21)32-22(35)20-10-9-18(15-29)16-31-20)33-23(40-17)34(24(36)38-26(2,3)4)25(37)39-27(5,6)7/h9-14,16H,1-8H3,(H,30,32,35)/t28-/m0/s1. The number of hydrogen-bond acceptors (Lipinski definition) is 10. The van der Waals surface area contributed by atoms with Crippen molar-refractivity contribution in [3.8, 4) is 6.07 Å². The van der Waals surface area contributed by atoms with Gasteiger partial charge >= 0.3 is 12.2 Å². The number of nitrogens with one attached hydrogen (secondary N) is 1. The van der Waals surface area contributed by atoms with Gasteiger partial charge in [-0.25, -0.2) is 19.6 Å². The van der Waals surface area contributed by atoms with E-state index in [1.165, 1.54) is 24.5 Å². The van der Waals surface area contributed by atoms with Gasteiger partial charge in [0.1, 0.15) is 28.5 Å². The number of amides is 3. The summed E-state index contributed by atoms with van der Waals surface area (Å²) < 4.78 is 11.0. The summed E-state index contributed by atoms with van der Waals surface area (Å²) in [6.07, 6.45) is 2.84. The molecule has 3 heterocycles. The van der Waals surface area contributed by atoms with E-state index in [1.54, 1.807) is 60.6 Å². The van der Waals surface area contributed by atoms with E-state index in [0.717, 1.165) is 21.6 Å². The summed E-state index contributed by atoms with van der Waals surface area (Å²) in [5, 5.41) is 11.8. The van der Waals surface area contributed by atoms with E-state index in [2.05, 4.69) is 15.3 Å². The van der Waals surface area contributed by atoms with Crippen LogP contribution in [0.2, 0.25) is 0 Å². The lowest BCUT2D eigenvalue weighted by molar-refractivity contribution is 0.0151. The lowest BCUT2D eigenvalue weighted by atomic mass is 9.96. The van der Waals surface area contributed by atoms with Crippen LogP contribution in [0.25, 0.3) is 0 Å². The van der Waals surface area contributed by atoms with Gasteiger partial charge < -0.3 is 14.8 Å². The van der Waals surface area contributed by atoms with E-state index in [0.29, 0.717) is 16.9 Å². The van der Waals surface area contributed by atoms with Gasteiger partial charge in [-0.15, -0.1) is 0 Å². The van der Waals surface area contributed by atoms with Gasteiger partial charge in [-0.05, 0) is 90.6 Å². The molecule has 0 unspecified atom stereocenters. The Bertz CT molecular complexity index is 1390. The number of pyridine rings is 2. The Morgan fingerprint density at radius 1 is 1.02 bits per heavy atom. The molecule has 40 heavy (non-hydrogen) atoms. The van der Waals surface area contributed by atoms with Crippen molar-refractivity contribution in [1.82, 2.24) is 14.9 Å². The van der Waals surface area contributed by atoms with Crippen molar-refractivity contribution in [2.45, 2.75) is 72.1 Å². The Balaban J connectivity index is 1.97. The van der Waals surface area contributed by atoms with Crippen LogP contribution in [0, 0.1) is 11.3 Å². The highest BCUT2D eigenvalue weighted by molar-refractivity contribution is 8.17. The Labute approximate surface area is 237 Å². The van der Waals surface area contributed by atoms with Gasteiger partial charge in [0, 0.05) is 18.1 Å². The lowest BCUT2D eigenvalue weighted by Crippen LogP contribution is -2.47. The Kier molecular flexibility index (Phi) is 8.69. The minimum absolute atomic E-state index is 0.0593. The number of anilines is 1. The van der Waals surface area contributed by atoms with Crippen LogP contribution >= 0.6 is 11.8 Å². The van der Waals surface area contributed by atoms with E-state index in [9.17, 15) is 14.4 Å². The van der Waals surface area contributed by atoms with Crippen LogP contribution in [0.3, 0.4) is 0 Å². The Morgan fingerprint density at radius 3 is 2.17 bits per heavy atom. The number of allylic oxidation sites excluding steroid dienone is 1. The monoisotopic (exact) mass is 564 g/mol. The van der Waals surface area contributed by atoms with E-state index < -0.39 is 34.8 Å². The number of carbonyl (C=O) groups is 3. The van der Waals surface area contributed by atoms with E-state index in [4.69, 9.17) is 19.7 Å². The minimum atomic E-state index is -1.11. The van der Waals surface area contributed by atoms with Crippen molar-refractivity contribution in [2.75, 3.05) is 5.32 Å². The van der Waals surface area contributed by atoms with Gasteiger partial charge in [0.05, 0.1) is 11.3 Å². The number of hydrogen-bond donors (Lipinski definition) is 1. The third-order valence-corrected chi connectivity index (χ3v) is 5.97. The molecule has 0 radical (unpaired) electrons. The number of aromatic nitrogens is 2. The number of carbonyl (C=O) groups excluding carboxylic acids is 3. The van der Waals surface area contributed by atoms with Crippen LogP contribution in [0.4, 0.5) is 15.3 Å². The highest BCUT2D eigenvalue weighted by Crippen LogP contribution is 2.38. The SMILES string of the molecule is CC1=C[C@@](C)(c2cc(NC(=O)c3ccc(C#N)cn3)ccn2)N=C(N(C(=O)OC(C)(C)C)C(=O)OC(C)(C)C)S1. The van der Waals surface area contributed by atoms with Crippen LogP contribution in [0.15, 0.2) is 52.6 Å². The van der Waals surface area contributed by atoms with E-state index in [1.807, 2.05) is 19.1 Å². The fourth-order valence-corrected chi connectivity index (χ4v) is 4.52. The van der Waals surface area contributed by atoms with Crippen molar-refractivity contribution in [3.05, 3.63) is 64.6 Å². The highest BCUT2D eigenvalue weighted by atomic mass is 32.2. The molecule has 12 heteroatoms. The van der Waals surface area contributed by atoms with Crippen LogP contribution < -0.4 is 5.32 Å². The number of rotatable bonds is 3. The molecule has 3 rings (SSSR count). The Morgan fingerprint density at radius 2 is 1.65 bits per heavy atom. The molecule has 2 aromatic heterocycles. The molecule has 3 amide bonds. The van der Waals surface area contributed by atoms with Gasteiger partial charge in [-0.2, -0.15) is 10.2 Å². The number of ether oxygens (including phenoxy) is 2. The second-order valence-corrected chi connectivity index (χ2v) is 12.3. The molecule has 1 aliphatic rings. The topological polar surface area (TPSA) is 147 Å². The van der Waals surface area contributed by atoms with Gasteiger partial charge in [-0.3, -0.25) is 9.78 Å². The molecule has 1 N–H and O–H groups in total. The number of nitrogens with zero attached hydrogens (tertiary/aromatic N) is 5. The lowest BCUT2D eigenvalue weighted by Gasteiger charge is -2.33. The first-order valence-electron chi connectivity index (χ1n) is 12.4. The average Bonchev–Trinajstić information content (AvgIpc) is 2.81. The Hall–Kier alpha value is -4.24. The summed E-state index contributed by atoms with van der Waals surface area (Å²) in [5.74, 6) is -0.470. The second kappa shape index (κ2) is 11.5. The zero-order chi connectivity index (χ0) is 29.9. The van der Waals surface area contributed by atoms with Crippen LogP contribution in [0.5, 0.6) is 0 Å². The molecule has 0 aromatic carbocycles. The fourth-order valence-electron chi connectivity index (χ4n) is 3.47. The van der Waals surface area contributed by atoms with Crippen molar-refractivity contribution >= 4 is 40.7 Å². The maximum atomic E-state index is 13.2. The molecular weight excluding hydrogens is 532 g/mol. The molecule has 0 saturated carbocycles. The van der Waals surface area contributed by atoms with Crippen LogP contribution in [-0.2, 0) is 15.0 Å². The first-order valence-corrected chi connectivity index (χ1v) is 13.2. The molecule has 0 fully saturated rings. The first-order chi connectivity index (χ1) is 18.5. The number of thioether (sulfide) groups is 1. The van der Waals surface area contributed by atoms with Crippen LogP contribution in [0.1, 0.15) is 77.1 Å². The molecule has 1 atom stereocenters. The van der Waals surface area contributed by atoms with Crippen molar-refractivity contribution in [1.29, 1.82) is 5.26 Å². The van der Waals surface area contributed by atoms with Crippen molar-refractivity contribution < 1.29 is 23.9 Å². The summed E-state index contributed by atoms with van der Waals surface area (Å²) in [6, 6.07) is 8.18. The zero-order valence-electron chi connectivity index (χ0n) is 23.7. The molecule has 2 aromatic rings. The average molecular weight is 565 g/mol. The van der Waals surface area contributed by atoms with Crippen molar-refractivity contribution in [2.24, 2.45) is 4.99 Å².